The number of hydrogen-bond donors (Lipinski definition) is 2. The first-order valence-electron chi connectivity index (χ1n) is 11.2. The van der Waals surface area contributed by atoms with Gasteiger partial charge in [0, 0.05) is 31.1 Å². The molecule has 1 unspecified atom stereocenters. The summed E-state index contributed by atoms with van der Waals surface area (Å²) in [6.45, 7) is 7.11. The van der Waals surface area contributed by atoms with Crippen molar-refractivity contribution in [1.29, 1.82) is 0 Å². The molecule has 3 amide bonds. The molecule has 0 aliphatic carbocycles. The second kappa shape index (κ2) is 10.4. The fourth-order valence-electron chi connectivity index (χ4n) is 3.71. The van der Waals surface area contributed by atoms with Crippen molar-refractivity contribution in [2.45, 2.75) is 50.6 Å². The molecule has 1 atom stereocenters. The van der Waals surface area contributed by atoms with Crippen LogP contribution in [0.15, 0.2) is 35.2 Å². The molecule has 1 aliphatic rings. The van der Waals surface area contributed by atoms with Crippen LogP contribution in [0.4, 0.5) is 0 Å². The quantitative estimate of drug-likeness (QED) is 0.548. The average Bonchev–Trinajstić information content (AvgIpc) is 3.21. The summed E-state index contributed by atoms with van der Waals surface area (Å²) in [7, 11) is 1.61. The van der Waals surface area contributed by atoms with Crippen molar-refractivity contribution in [2.75, 3.05) is 26.4 Å². The Balaban J connectivity index is 1.64. The predicted molar refractivity (Wildman–Crippen MR) is 129 cm³/mol. The number of likely N-dealkylation sites (N-methyl/N-ethyl adjacent to an activating group) is 1. The number of carbonyl (C=O) groups is 3. The number of nitrogens with zero attached hydrogens (tertiary/aromatic N) is 3. The van der Waals surface area contributed by atoms with Crippen LogP contribution in [0, 0.1) is 5.92 Å². The number of benzene rings is 1. The van der Waals surface area contributed by atoms with Gasteiger partial charge in [-0.3, -0.25) is 19.1 Å². The molecule has 0 radical (unpaired) electrons. The van der Waals surface area contributed by atoms with Gasteiger partial charge in [-0.15, -0.1) is 11.8 Å². The number of rotatable bonds is 9. The normalized spacial score (nSPS) is 17.8. The summed E-state index contributed by atoms with van der Waals surface area (Å²) in [4.78, 5) is 41.1. The van der Waals surface area contributed by atoms with Crippen molar-refractivity contribution in [3.63, 3.8) is 0 Å². The van der Waals surface area contributed by atoms with Crippen molar-refractivity contribution >= 4 is 29.5 Å². The minimum Gasteiger partial charge on any atom is -0.354 e. The van der Waals surface area contributed by atoms with Gasteiger partial charge >= 0.3 is 0 Å². The van der Waals surface area contributed by atoms with Gasteiger partial charge in [-0.1, -0.05) is 26.0 Å². The molecule has 0 spiro atoms. The van der Waals surface area contributed by atoms with E-state index in [1.807, 2.05) is 6.26 Å². The summed E-state index contributed by atoms with van der Waals surface area (Å²) < 4.78 is 1.47. The summed E-state index contributed by atoms with van der Waals surface area (Å²) in [5.41, 5.74) is 0.536. The maximum Gasteiger partial charge on any atom is 0.272 e. The standard InChI is InChI=1S/C24H33N5O3S/c1-16(2)10-12-26-23(32)24(3)15-29-20(22(31)28(24)4)14-19(27-29)21(30)25-13-11-17-6-8-18(33-5)9-7-17/h6-9,14,16H,10-13,15H2,1-5H3,(H,25,30)(H,26,32). The van der Waals surface area contributed by atoms with Crippen molar-refractivity contribution in [2.24, 2.45) is 5.92 Å². The first-order chi connectivity index (χ1) is 15.7. The zero-order valence-corrected chi connectivity index (χ0v) is 20.8. The highest BCUT2D eigenvalue weighted by Gasteiger charge is 2.46. The SMILES string of the molecule is CSc1ccc(CCNC(=O)c2cc3n(n2)CC(C)(C(=O)NCCC(C)C)N(C)C3=O)cc1. The van der Waals surface area contributed by atoms with Crippen LogP contribution in [0.1, 0.15) is 53.7 Å². The molecule has 0 saturated heterocycles. The first kappa shape index (κ1) is 24.8. The Bertz CT molecular complexity index is 1020. The van der Waals surface area contributed by atoms with Crippen LogP contribution < -0.4 is 10.6 Å². The van der Waals surface area contributed by atoms with Crippen molar-refractivity contribution < 1.29 is 14.4 Å². The van der Waals surface area contributed by atoms with E-state index in [0.717, 1.165) is 12.0 Å². The van der Waals surface area contributed by atoms with E-state index < -0.39 is 5.54 Å². The van der Waals surface area contributed by atoms with E-state index >= 15 is 0 Å². The third kappa shape index (κ3) is 5.58. The Morgan fingerprint density at radius 2 is 1.88 bits per heavy atom. The third-order valence-corrected chi connectivity index (χ3v) is 6.83. The molecule has 1 aromatic heterocycles. The third-order valence-electron chi connectivity index (χ3n) is 6.09. The van der Waals surface area contributed by atoms with Crippen molar-refractivity contribution in [3.05, 3.63) is 47.3 Å². The number of aromatic nitrogens is 2. The summed E-state index contributed by atoms with van der Waals surface area (Å²) in [6, 6.07) is 9.72. The summed E-state index contributed by atoms with van der Waals surface area (Å²) in [5, 5.41) is 10.1. The van der Waals surface area contributed by atoms with Crippen LogP contribution in [0.25, 0.3) is 0 Å². The Kier molecular flexibility index (Phi) is 7.84. The zero-order chi connectivity index (χ0) is 24.2. The van der Waals surface area contributed by atoms with Crippen LogP contribution in [0.3, 0.4) is 0 Å². The number of amides is 3. The van der Waals surface area contributed by atoms with E-state index in [4.69, 9.17) is 0 Å². The molecule has 0 saturated carbocycles. The summed E-state index contributed by atoms with van der Waals surface area (Å²) >= 11 is 1.69. The van der Waals surface area contributed by atoms with Gasteiger partial charge in [0.2, 0.25) is 5.91 Å². The largest absolute Gasteiger partial charge is 0.354 e. The minimum atomic E-state index is -1.08. The smallest absolute Gasteiger partial charge is 0.272 e. The fourth-order valence-corrected chi connectivity index (χ4v) is 4.11. The molecule has 33 heavy (non-hydrogen) atoms. The number of nitrogens with one attached hydrogen (secondary N) is 2. The fraction of sp³-hybridized carbons (Fsp3) is 0.500. The zero-order valence-electron chi connectivity index (χ0n) is 20.0. The molecule has 1 aromatic carbocycles. The van der Waals surface area contributed by atoms with Gasteiger partial charge in [0.15, 0.2) is 5.69 Å². The molecule has 0 bridgehead atoms. The van der Waals surface area contributed by atoms with E-state index in [1.54, 1.807) is 25.7 Å². The lowest BCUT2D eigenvalue weighted by Crippen LogP contribution is -2.62. The Labute approximate surface area is 199 Å². The van der Waals surface area contributed by atoms with Crippen LogP contribution >= 0.6 is 11.8 Å². The monoisotopic (exact) mass is 471 g/mol. The lowest BCUT2D eigenvalue weighted by molar-refractivity contribution is -0.132. The molecule has 2 heterocycles. The van der Waals surface area contributed by atoms with Gasteiger partial charge < -0.3 is 15.5 Å². The summed E-state index contributed by atoms with van der Waals surface area (Å²) in [5.74, 6) is -0.421. The van der Waals surface area contributed by atoms with Gasteiger partial charge in [0.1, 0.15) is 11.2 Å². The highest BCUT2D eigenvalue weighted by Crippen LogP contribution is 2.26. The van der Waals surface area contributed by atoms with Gasteiger partial charge in [0.05, 0.1) is 6.54 Å². The topological polar surface area (TPSA) is 96.3 Å². The highest BCUT2D eigenvalue weighted by atomic mass is 32.2. The predicted octanol–water partition coefficient (Wildman–Crippen LogP) is 2.58. The second-order valence-corrected chi connectivity index (χ2v) is 9.88. The van der Waals surface area contributed by atoms with E-state index in [0.29, 0.717) is 31.1 Å². The van der Waals surface area contributed by atoms with E-state index in [1.165, 1.54) is 20.5 Å². The van der Waals surface area contributed by atoms with Crippen LogP contribution in [-0.4, -0.2) is 64.3 Å². The van der Waals surface area contributed by atoms with Gasteiger partial charge in [-0.25, -0.2) is 0 Å². The highest BCUT2D eigenvalue weighted by molar-refractivity contribution is 7.98. The van der Waals surface area contributed by atoms with Crippen molar-refractivity contribution in [3.8, 4) is 0 Å². The Morgan fingerprint density at radius 3 is 2.52 bits per heavy atom. The lowest BCUT2D eigenvalue weighted by Gasteiger charge is -2.40. The number of fused-ring (bicyclic) bond motifs is 1. The molecule has 0 fully saturated rings. The average molecular weight is 472 g/mol. The van der Waals surface area contributed by atoms with Gasteiger partial charge in [-0.05, 0) is 49.6 Å². The molecular weight excluding hydrogens is 438 g/mol. The number of carbonyl (C=O) groups excluding carboxylic acids is 3. The Morgan fingerprint density at radius 1 is 1.18 bits per heavy atom. The molecule has 9 heteroatoms. The second-order valence-electron chi connectivity index (χ2n) is 9.00. The number of hydrogen-bond acceptors (Lipinski definition) is 5. The maximum atomic E-state index is 13.0. The van der Waals surface area contributed by atoms with Gasteiger partial charge in [-0.2, -0.15) is 5.10 Å². The van der Waals surface area contributed by atoms with Crippen LogP contribution in [0.2, 0.25) is 0 Å². The Hall–Kier alpha value is -2.81. The van der Waals surface area contributed by atoms with Crippen LogP contribution in [-0.2, 0) is 17.8 Å². The molecule has 178 valence electrons. The van der Waals surface area contributed by atoms with Gasteiger partial charge in [0.25, 0.3) is 11.8 Å². The molecule has 8 nitrogen and oxygen atoms in total. The minimum absolute atomic E-state index is 0.175. The van der Waals surface area contributed by atoms with Crippen molar-refractivity contribution in [1.82, 2.24) is 25.3 Å². The molecule has 2 N–H and O–H groups in total. The maximum absolute atomic E-state index is 13.0. The van der Waals surface area contributed by atoms with E-state index in [-0.39, 0.29) is 30.0 Å². The lowest BCUT2D eigenvalue weighted by atomic mass is 9.95. The van der Waals surface area contributed by atoms with E-state index in [9.17, 15) is 14.4 Å². The molecular formula is C24H33N5O3S. The molecule has 2 aromatic rings. The molecule has 3 rings (SSSR count). The number of thioether (sulfide) groups is 1. The first-order valence-corrected chi connectivity index (χ1v) is 12.4. The van der Waals surface area contributed by atoms with E-state index in [2.05, 4.69) is 53.8 Å². The summed E-state index contributed by atoms with van der Waals surface area (Å²) in [6.07, 6.45) is 3.59. The molecule has 1 aliphatic heterocycles. The van der Waals surface area contributed by atoms with Crippen LogP contribution in [0.5, 0.6) is 0 Å².